The average Bonchev–Trinajstić information content (AvgIpc) is 3.18. The third kappa shape index (κ3) is 4.90. The maximum atomic E-state index is 14.6. The van der Waals surface area contributed by atoms with Crippen LogP contribution in [0, 0.1) is 5.82 Å². The number of aromatic nitrogens is 2. The zero-order chi connectivity index (χ0) is 25.4. The van der Waals surface area contributed by atoms with Gasteiger partial charge in [-0.05, 0) is 48.5 Å². The third-order valence-corrected chi connectivity index (χ3v) is 6.02. The fourth-order valence-electron chi connectivity index (χ4n) is 3.98. The molecule has 1 heterocycles. The van der Waals surface area contributed by atoms with Crippen molar-refractivity contribution >= 4 is 34.1 Å². The zero-order valence-electron chi connectivity index (χ0n) is 18.4. The molecule has 5 aromatic rings. The van der Waals surface area contributed by atoms with E-state index in [0.717, 1.165) is 12.1 Å². The average molecular weight is 531 g/mol. The molecule has 0 amide bonds. The molecule has 0 unspecified atom stereocenters. The first-order chi connectivity index (χ1) is 17.2. The summed E-state index contributed by atoms with van der Waals surface area (Å²) in [4.78, 5) is 0. The molecule has 0 N–H and O–H groups in total. The van der Waals surface area contributed by atoms with Gasteiger partial charge in [-0.25, -0.2) is 4.39 Å². The summed E-state index contributed by atoms with van der Waals surface area (Å²) >= 11 is 11.9. The Balaban J connectivity index is 1.66. The van der Waals surface area contributed by atoms with Crippen molar-refractivity contribution in [2.24, 2.45) is 0 Å². The van der Waals surface area contributed by atoms with E-state index in [2.05, 4.69) is 5.10 Å². The quantitative estimate of drug-likeness (QED) is 0.212. The lowest BCUT2D eigenvalue weighted by Crippen LogP contribution is -2.07. The number of halogens is 6. The van der Waals surface area contributed by atoms with Crippen LogP contribution in [0.2, 0.25) is 10.0 Å². The number of ether oxygens (including phenoxy) is 1. The summed E-state index contributed by atoms with van der Waals surface area (Å²) in [5.74, 6) is 0.364. The summed E-state index contributed by atoms with van der Waals surface area (Å²) in [6.45, 7) is -0.107. The van der Waals surface area contributed by atoms with Crippen molar-refractivity contribution in [3.8, 4) is 22.8 Å². The molecule has 0 aliphatic carbocycles. The van der Waals surface area contributed by atoms with Crippen molar-refractivity contribution in [3.63, 3.8) is 0 Å². The topological polar surface area (TPSA) is 27.1 Å². The largest absolute Gasteiger partial charge is 0.457 e. The van der Waals surface area contributed by atoms with Gasteiger partial charge in [0.25, 0.3) is 0 Å². The predicted octanol–water partition coefficient (Wildman–Crippen LogP) is 9.01. The lowest BCUT2D eigenvalue weighted by Gasteiger charge is -2.12. The van der Waals surface area contributed by atoms with Gasteiger partial charge in [-0.15, -0.1) is 0 Å². The highest BCUT2D eigenvalue weighted by molar-refractivity contribution is 6.30. The van der Waals surface area contributed by atoms with E-state index < -0.39 is 17.6 Å². The Kier molecular flexibility index (Phi) is 6.36. The van der Waals surface area contributed by atoms with E-state index in [1.807, 2.05) is 0 Å². The number of alkyl halides is 3. The van der Waals surface area contributed by atoms with E-state index in [9.17, 15) is 17.6 Å². The van der Waals surface area contributed by atoms with E-state index in [4.69, 9.17) is 27.9 Å². The van der Waals surface area contributed by atoms with Gasteiger partial charge in [-0.2, -0.15) is 18.3 Å². The Morgan fingerprint density at radius 2 is 1.50 bits per heavy atom. The molecule has 1 aromatic heterocycles. The molecule has 0 saturated carbocycles. The summed E-state index contributed by atoms with van der Waals surface area (Å²) in [6.07, 6.45) is -4.61. The first-order valence-corrected chi connectivity index (χ1v) is 11.5. The van der Waals surface area contributed by atoms with Gasteiger partial charge in [-0.3, -0.25) is 4.68 Å². The lowest BCUT2D eigenvalue weighted by atomic mass is 10.0. The number of hydrogen-bond acceptors (Lipinski definition) is 2. The summed E-state index contributed by atoms with van der Waals surface area (Å²) < 4.78 is 63.2. The maximum absolute atomic E-state index is 14.6. The van der Waals surface area contributed by atoms with Crippen LogP contribution < -0.4 is 4.74 Å². The Bertz CT molecular complexity index is 1580. The van der Waals surface area contributed by atoms with Crippen LogP contribution in [0.4, 0.5) is 17.6 Å². The SMILES string of the molecule is Fc1cc(Cl)ccc1Cn1nc2c(C(F)(F)F)cccc2c1-c1cccc(Oc2cccc(Cl)c2)c1. The number of fused-ring (bicyclic) bond motifs is 1. The summed E-state index contributed by atoms with van der Waals surface area (Å²) in [5.41, 5.74) is 0.0690. The molecule has 4 aromatic carbocycles. The van der Waals surface area contributed by atoms with E-state index >= 15 is 0 Å². The van der Waals surface area contributed by atoms with E-state index in [1.54, 1.807) is 54.6 Å². The smallest absolute Gasteiger partial charge is 0.418 e. The van der Waals surface area contributed by atoms with E-state index in [1.165, 1.54) is 22.9 Å². The molecule has 0 aliphatic heterocycles. The molecule has 0 aliphatic rings. The van der Waals surface area contributed by atoms with Gasteiger partial charge in [0.15, 0.2) is 0 Å². The molecule has 5 rings (SSSR count). The number of rotatable bonds is 5. The molecule has 3 nitrogen and oxygen atoms in total. The fourth-order valence-corrected chi connectivity index (χ4v) is 4.32. The van der Waals surface area contributed by atoms with E-state index in [0.29, 0.717) is 27.8 Å². The highest BCUT2D eigenvalue weighted by atomic mass is 35.5. The van der Waals surface area contributed by atoms with Gasteiger partial charge in [0.2, 0.25) is 0 Å². The van der Waals surface area contributed by atoms with Gasteiger partial charge < -0.3 is 4.74 Å². The van der Waals surface area contributed by atoms with Crippen molar-refractivity contribution in [2.75, 3.05) is 0 Å². The Hall–Kier alpha value is -3.55. The van der Waals surface area contributed by atoms with Crippen molar-refractivity contribution in [1.29, 1.82) is 0 Å². The fraction of sp³-hybridized carbons (Fsp3) is 0.0741. The zero-order valence-corrected chi connectivity index (χ0v) is 19.9. The van der Waals surface area contributed by atoms with Crippen LogP contribution in [0.1, 0.15) is 11.1 Å². The van der Waals surface area contributed by atoms with Crippen molar-refractivity contribution in [3.05, 3.63) is 112 Å². The summed E-state index contributed by atoms with van der Waals surface area (Å²) in [7, 11) is 0. The predicted molar refractivity (Wildman–Crippen MR) is 132 cm³/mol. The second kappa shape index (κ2) is 9.48. The minimum atomic E-state index is -4.61. The van der Waals surface area contributed by atoms with Crippen LogP contribution in [-0.2, 0) is 12.7 Å². The van der Waals surface area contributed by atoms with Crippen LogP contribution in [0.3, 0.4) is 0 Å². The van der Waals surface area contributed by atoms with Crippen LogP contribution in [0.15, 0.2) is 84.9 Å². The number of benzene rings is 4. The van der Waals surface area contributed by atoms with Gasteiger partial charge in [-0.1, -0.05) is 59.6 Å². The molecule has 9 heteroatoms. The monoisotopic (exact) mass is 530 g/mol. The molecule has 0 saturated heterocycles. The number of hydrogen-bond donors (Lipinski definition) is 0. The minimum absolute atomic E-state index is 0.107. The Labute approximate surface area is 213 Å². The van der Waals surface area contributed by atoms with Crippen molar-refractivity contribution in [1.82, 2.24) is 9.78 Å². The van der Waals surface area contributed by atoms with Crippen LogP contribution in [0.5, 0.6) is 11.5 Å². The lowest BCUT2D eigenvalue weighted by molar-refractivity contribution is -0.136. The highest BCUT2D eigenvalue weighted by Crippen LogP contribution is 2.39. The second-order valence-corrected chi connectivity index (χ2v) is 8.90. The molecular formula is C27H16Cl2F4N2O. The highest BCUT2D eigenvalue weighted by Gasteiger charge is 2.34. The standard InChI is InChI=1S/C27H16Cl2F4N2O/c28-18-5-2-7-21(13-18)36-20-6-1-4-16(12-20)26-22-8-3-9-23(27(31,32)33)25(22)34-35(26)15-17-10-11-19(29)14-24(17)30/h1-14H,15H2. The number of nitrogens with zero attached hydrogens (tertiary/aromatic N) is 2. The Morgan fingerprint density at radius 3 is 2.22 bits per heavy atom. The van der Waals surface area contributed by atoms with Crippen molar-refractivity contribution < 1.29 is 22.3 Å². The summed E-state index contributed by atoms with van der Waals surface area (Å²) in [6, 6.07) is 21.7. The van der Waals surface area contributed by atoms with Crippen LogP contribution in [-0.4, -0.2) is 9.78 Å². The maximum Gasteiger partial charge on any atom is 0.418 e. The van der Waals surface area contributed by atoms with E-state index in [-0.39, 0.29) is 28.0 Å². The molecule has 0 radical (unpaired) electrons. The Morgan fingerprint density at radius 1 is 0.806 bits per heavy atom. The van der Waals surface area contributed by atoms with Gasteiger partial charge >= 0.3 is 6.18 Å². The first-order valence-electron chi connectivity index (χ1n) is 10.7. The summed E-state index contributed by atoms with van der Waals surface area (Å²) in [5, 5.41) is 5.27. The molecule has 36 heavy (non-hydrogen) atoms. The molecule has 0 fully saturated rings. The van der Waals surface area contributed by atoms with Gasteiger partial charge in [0, 0.05) is 26.6 Å². The molecule has 0 bridgehead atoms. The van der Waals surface area contributed by atoms with Gasteiger partial charge in [0.1, 0.15) is 22.8 Å². The molecule has 0 spiro atoms. The van der Waals surface area contributed by atoms with Crippen molar-refractivity contribution in [2.45, 2.75) is 12.7 Å². The van der Waals surface area contributed by atoms with Gasteiger partial charge in [0.05, 0.1) is 17.8 Å². The molecule has 0 atom stereocenters. The third-order valence-electron chi connectivity index (χ3n) is 5.55. The molecule has 182 valence electrons. The normalized spacial score (nSPS) is 11.7. The first kappa shape index (κ1) is 24.2. The minimum Gasteiger partial charge on any atom is -0.457 e. The van der Waals surface area contributed by atoms with Crippen LogP contribution >= 0.6 is 23.2 Å². The molecular weight excluding hydrogens is 515 g/mol. The van der Waals surface area contributed by atoms with Crippen LogP contribution in [0.25, 0.3) is 22.2 Å². The second-order valence-electron chi connectivity index (χ2n) is 8.03.